The van der Waals surface area contributed by atoms with Crippen molar-refractivity contribution >= 4 is 10.0 Å². The highest BCUT2D eigenvalue weighted by Gasteiger charge is 2.18. The number of benzene rings is 1. The van der Waals surface area contributed by atoms with E-state index in [1.165, 1.54) is 0 Å². The fourth-order valence-corrected chi connectivity index (χ4v) is 3.22. The van der Waals surface area contributed by atoms with Gasteiger partial charge in [-0.2, -0.15) is 5.10 Å². The summed E-state index contributed by atoms with van der Waals surface area (Å²) < 4.78 is 27.2. The topological polar surface area (TPSA) is 74.8 Å². The van der Waals surface area contributed by atoms with Crippen molar-refractivity contribution in [2.75, 3.05) is 0 Å². The lowest BCUT2D eigenvalue weighted by Crippen LogP contribution is -2.26. The molecule has 1 atom stereocenters. The van der Waals surface area contributed by atoms with Gasteiger partial charge < -0.3 is 0 Å². The molecule has 1 aromatic heterocycles. The van der Waals surface area contributed by atoms with E-state index in [4.69, 9.17) is 0 Å². The van der Waals surface area contributed by atoms with Crippen LogP contribution in [0.1, 0.15) is 37.4 Å². The van der Waals surface area contributed by atoms with Crippen LogP contribution in [0.5, 0.6) is 0 Å². The Labute approximate surface area is 119 Å². The third-order valence-corrected chi connectivity index (χ3v) is 4.68. The van der Waals surface area contributed by atoms with Crippen LogP contribution in [0.15, 0.2) is 41.6 Å². The average Bonchev–Trinajstić information content (AvgIpc) is 2.93. The molecule has 0 bridgehead atoms. The summed E-state index contributed by atoms with van der Waals surface area (Å²) in [6.45, 7) is 3.88. The van der Waals surface area contributed by atoms with Gasteiger partial charge in [-0.05, 0) is 31.0 Å². The number of sulfonamides is 1. The van der Waals surface area contributed by atoms with Crippen molar-refractivity contribution in [2.24, 2.45) is 0 Å². The van der Waals surface area contributed by atoms with Gasteiger partial charge in [0.2, 0.25) is 10.0 Å². The Morgan fingerprint density at radius 1 is 1.30 bits per heavy atom. The summed E-state index contributed by atoms with van der Waals surface area (Å²) in [5.74, 6) is 0. The molecule has 0 fully saturated rings. The fraction of sp³-hybridized carbons (Fsp3) is 0.357. The molecule has 2 rings (SSSR count). The largest absolute Gasteiger partial charge is 0.285 e. The highest BCUT2D eigenvalue weighted by atomic mass is 32.2. The van der Waals surface area contributed by atoms with Crippen molar-refractivity contribution in [1.82, 2.24) is 14.9 Å². The Morgan fingerprint density at radius 3 is 2.55 bits per heavy atom. The Hall–Kier alpha value is -1.66. The molecule has 0 radical (unpaired) electrons. The quantitative estimate of drug-likeness (QED) is 0.858. The molecule has 5 nitrogen and oxygen atoms in total. The van der Waals surface area contributed by atoms with Crippen LogP contribution in [0.2, 0.25) is 0 Å². The van der Waals surface area contributed by atoms with Crippen LogP contribution in [-0.2, 0) is 16.4 Å². The lowest BCUT2D eigenvalue weighted by Gasteiger charge is -2.13. The van der Waals surface area contributed by atoms with Crippen molar-refractivity contribution in [3.8, 4) is 0 Å². The first-order valence-electron chi connectivity index (χ1n) is 6.63. The molecule has 0 saturated heterocycles. The maximum absolute atomic E-state index is 12.3. The van der Waals surface area contributed by atoms with Crippen molar-refractivity contribution in [3.63, 3.8) is 0 Å². The molecule has 6 heteroatoms. The first-order valence-corrected chi connectivity index (χ1v) is 8.11. The molecule has 2 N–H and O–H groups in total. The summed E-state index contributed by atoms with van der Waals surface area (Å²) in [4.78, 5) is 0.285. The van der Waals surface area contributed by atoms with E-state index in [9.17, 15) is 8.42 Å². The minimum Gasteiger partial charge on any atom is -0.285 e. The number of nitrogens with zero attached hydrogens (tertiary/aromatic N) is 1. The summed E-state index contributed by atoms with van der Waals surface area (Å²) in [7, 11) is -3.51. The van der Waals surface area contributed by atoms with Gasteiger partial charge in [0.15, 0.2) is 0 Å². The number of aryl methyl sites for hydroxylation is 1. The van der Waals surface area contributed by atoms with E-state index >= 15 is 0 Å². The van der Waals surface area contributed by atoms with Crippen molar-refractivity contribution in [1.29, 1.82) is 0 Å². The minimum absolute atomic E-state index is 0.285. The summed E-state index contributed by atoms with van der Waals surface area (Å²) in [6, 6.07) is 6.69. The van der Waals surface area contributed by atoms with Gasteiger partial charge in [0.05, 0.1) is 11.1 Å². The molecule has 0 amide bonds. The number of rotatable bonds is 6. The number of hydrogen-bond acceptors (Lipinski definition) is 3. The first-order chi connectivity index (χ1) is 9.53. The highest BCUT2D eigenvalue weighted by Crippen LogP contribution is 2.16. The number of nitrogens with one attached hydrogen (secondary N) is 2. The molecule has 1 unspecified atom stereocenters. The summed E-state index contributed by atoms with van der Waals surface area (Å²) >= 11 is 0. The van der Waals surface area contributed by atoms with Crippen LogP contribution < -0.4 is 4.72 Å². The van der Waals surface area contributed by atoms with Gasteiger partial charge in [0.25, 0.3) is 0 Å². The molecular weight excluding hydrogens is 274 g/mol. The van der Waals surface area contributed by atoms with E-state index in [0.29, 0.717) is 0 Å². The van der Waals surface area contributed by atoms with E-state index in [1.54, 1.807) is 31.5 Å². The van der Waals surface area contributed by atoms with Crippen molar-refractivity contribution in [3.05, 3.63) is 47.8 Å². The monoisotopic (exact) mass is 293 g/mol. The second-order valence-corrected chi connectivity index (χ2v) is 6.48. The SMILES string of the molecule is CCCc1ccc(S(=O)(=O)NC(C)c2cn[nH]c2)cc1. The molecule has 0 saturated carbocycles. The summed E-state index contributed by atoms with van der Waals surface area (Å²) in [5, 5.41) is 6.49. The molecule has 0 spiro atoms. The second kappa shape index (κ2) is 6.19. The molecule has 20 heavy (non-hydrogen) atoms. The highest BCUT2D eigenvalue weighted by molar-refractivity contribution is 7.89. The Morgan fingerprint density at radius 2 is 2.00 bits per heavy atom. The van der Waals surface area contributed by atoms with Crippen LogP contribution in [-0.4, -0.2) is 18.6 Å². The maximum Gasteiger partial charge on any atom is 0.241 e. The standard InChI is InChI=1S/C14H19N3O2S/c1-3-4-12-5-7-14(8-6-12)20(18,19)17-11(2)13-9-15-16-10-13/h5-11,17H,3-4H2,1-2H3,(H,15,16). The van der Waals surface area contributed by atoms with Crippen LogP contribution in [0.3, 0.4) is 0 Å². The Bertz CT molecular complexity index is 634. The molecule has 0 aliphatic heterocycles. The van der Waals surface area contributed by atoms with E-state index in [2.05, 4.69) is 21.8 Å². The lowest BCUT2D eigenvalue weighted by molar-refractivity contribution is 0.567. The summed E-state index contributed by atoms with van der Waals surface area (Å²) in [5.41, 5.74) is 1.95. The Balaban J connectivity index is 2.13. The zero-order valence-electron chi connectivity index (χ0n) is 11.6. The molecule has 2 aromatic rings. The van der Waals surface area contributed by atoms with Crippen LogP contribution in [0.4, 0.5) is 0 Å². The minimum atomic E-state index is -3.51. The predicted molar refractivity (Wildman–Crippen MR) is 77.8 cm³/mol. The molecule has 108 valence electrons. The zero-order valence-corrected chi connectivity index (χ0v) is 12.4. The van der Waals surface area contributed by atoms with Crippen LogP contribution in [0.25, 0.3) is 0 Å². The van der Waals surface area contributed by atoms with Crippen molar-refractivity contribution < 1.29 is 8.42 Å². The number of H-pyrrole nitrogens is 1. The number of hydrogen-bond donors (Lipinski definition) is 2. The van der Waals surface area contributed by atoms with Gasteiger partial charge in [0, 0.05) is 17.8 Å². The van der Waals surface area contributed by atoms with Crippen LogP contribution in [0, 0.1) is 0 Å². The average molecular weight is 293 g/mol. The van der Waals surface area contributed by atoms with E-state index in [0.717, 1.165) is 24.0 Å². The smallest absolute Gasteiger partial charge is 0.241 e. The Kier molecular flexibility index (Phi) is 4.57. The van der Waals surface area contributed by atoms with Crippen molar-refractivity contribution in [2.45, 2.75) is 37.6 Å². The first kappa shape index (κ1) is 14.7. The van der Waals surface area contributed by atoms with Gasteiger partial charge in [-0.15, -0.1) is 0 Å². The molecule has 1 heterocycles. The van der Waals surface area contributed by atoms with Gasteiger partial charge >= 0.3 is 0 Å². The van der Waals surface area contributed by atoms with Gasteiger partial charge in [-0.3, -0.25) is 5.10 Å². The lowest BCUT2D eigenvalue weighted by atomic mass is 10.1. The van der Waals surface area contributed by atoms with Gasteiger partial charge in [-0.25, -0.2) is 13.1 Å². The van der Waals surface area contributed by atoms with Crippen LogP contribution >= 0.6 is 0 Å². The third kappa shape index (κ3) is 3.46. The fourth-order valence-electron chi connectivity index (χ4n) is 1.99. The zero-order chi connectivity index (χ0) is 14.6. The number of aromatic nitrogens is 2. The van der Waals surface area contributed by atoms with E-state index in [-0.39, 0.29) is 10.9 Å². The molecule has 0 aliphatic rings. The maximum atomic E-state index is 12.3. The second-order valence-electron chi connectivity index (χ2n) is 4.77. The van der Waals surface area contributed by atoms with E-state index in [1.807, 2.05) is 12.1 Å². The summed E-state index contributed by atoms with van der Waals surface area (Å²) in [6.07, 6.45) is 5.29. The third-order valence-electron chi connectivity index (χ3n) is 3.12. The van der Waals surface area contributed by atoms with Gasteiger partial charge in [-0.1, -0.05) is 25.5 Å². The van der Waals surface area contributed by atoms with E-state index < -0.39 is 10.0 Å². The molecular formula is C14H19N3O2S. The molecule has 1 aromatic carbocycles. The predicted octanol–water partition coefficient (Wildman–Crippen LogP) is 2.40. The molecule has 0 aliphatic carbocycles. The van der Waals surface area contributed by atoms with Gasteiger partial charge in [0.1, 0.15) is 0 Å². The normalized spacial score (nSPS) is 13.3. The number of aromatic amines is 1.